The Morgan fingerprint density at radius 3 is 2.06 bits per heavy atom. The maximum absolute atomic E-state index is 11.1. The molecular formula is C14H14O3S. The van der Waals surface area contributed by atoms with Crippen molar-refractivity contribution in [3.63, 3.8) is 0 Å². The van der Waals surface area contributed by atoms with Crippen LogP contribution in [0, 0.1) is 13.8 Å². The molecule has 0 heterocycles. The van der Waals surface area contributed by atoms with Gasteiger partial charge in [-0.1, -0.05) is 41.5 Å². The van der Waals surface area contributed by atoms with Crippen LogP contribution in [-0.4, -0.2) is 13.0 Å². The molecule has 2 aromatic rings. The number of hydrogen-bond donors (Lipinski definition) is 1. The van der Waals surface area contributed by atoms with E-state index in [0.717, 1.165) is 22.3 Å². The van der Waals surface area contributed by atoms with Gasteiger partial charge in [0.05, 0.1) is 4.90 Å². The molecule has 2 aromatic carbocycles. The predicted octanol–water partition coefficient (Wildman–Crippen LogP) is 3.22. The lowest BCUT2D eigenvalue weighted by Gasteiger charge is -2.06. The van der Waals surface area contributed by atoms with E-state index in [1.807, 2.05) is 32.0 Å². The van der Waals surface area contributed by atoms with Crippen molar-refractivity contribution in [2.24, 2.45) is 0 Å². The maximum Gasteiger partial charge on any atom is 0.294 e. The summed E-state index contributed by atoms with van der Waals surface area (Å²) in [6.07, 6.45) is 0. The monoisotopic (exact) mass is 262 g/mol. The molecule has 0 aliphatic rings. The van der Waals surface area contributed by atoms with Crippen molar-refractivity contribution in [3.05, 3.63) is 53.6 Å². The fourth-order valence-electron chi connectivity index (χ4n) is 1.98. The maximum atomic E-state index is 11.1. The minimum Gasteiger partial charge on any atom is -0.282 e. The summed E-state index contributed by atoms with van der Waals surface area (Å²) in [7, 11) is -4.15. The topological polar surface area (TPSA) is 54.4 Å². The lowest BCUT2D eigenvalue weighted by atomic mass is 10.0. The number of rotatable bonds is 2. The molecule has 0 aliphatic carbocycles. The summed E-state index contributed by atoms with van der Waals surface area (Å²) >= 11 is 0. The Morgan fingerprint density at radius 2 is 1.50 bits per heavy atom. The molecule has 0 fully saturated rings. The first-order valence-electron chi connectivity index (χ1n) is 5.52. The van der Waals surface area contributed by atoms with E-state index in [-0.39, 0.29) is 4.90 Å². The Kier molecular flexibility index (Phi) is 3.24. The van der Waals surface area contributed by atoms with Crippen molar-refractivity contribution >= 4 is 10.1 Å². The largest absolute Gasteiger partial charge is 0.294 e. The predicted molar refractivity (Wildman–Crippen MR) is 71.2 cm³/mol. The SMILES string of the molecule is Cc1cc(C)cc(-c2cccc(S(=O)(=O)O)c2)c1. The number of hydrogen-bond acceptors (Lipinski definition) is 2. The van der Waals surface area contributed by atoms with E-state index in [1.165, 1.54) is 12.1 Å². The molecule has 4 heteroatoms. The molecule has 1 N–H and O–H groups in total. The van der Waals surface area contributed by atoms with Crippen LogP contribution < -0.4 is 0 Å². The van der Waals surface area contributed by atoms with E-state index in [1.54, 1.807) is 6.07 Å². The van der Waals surface area contributed by atoms with Crippen LogP contribution in [-0.2, 0) is 10.1 Å². The van der Waals surface area contributed by atoms with Crippen LogP contribution in [0.2, 0.25) is 0 Å². The third-order valence-electron chi connectivity index (χ3n) is 2.69. The normalized spacial score (nSPS) is 11.5. The van der Waals surface area contributed by atoms with Crippen molar-refractivity contribution in [2.75, 3.05) is 0 Å². The molecule has 0 spiro atoms. The van der Waals surface area contributed by atoms with E-state index in [0.29, 0.717) is 0 Å². The van der Waals surface area contributed by atoms with Gasteiger partial charge in [0.15, 0.2) is 0 Å². The van der Waals surface area contributed by atoms with E-state index < -0.39 is 10.1 Å². The van der Waals surface area contributed by atoms with E-state index in [9.17, 15) is 8.42 Å². The molecule has 94 valence electrons. The highest BCUT2D eigenvalue weighted by Crippen LogP contribution is 2.24. The zero-order valence-corrected chi connectivity index (χ0v) is 11.0. The molecule has 3 nitrogen and oxygen atoms in total. The van der Waals surface area contributed by atoms with Gasteiger partial charge in [0, 0.05) is 0 Å². The Morgan fingerprint density at radius 1 is 0.889 bits per heavy atom. The van der Waals surface area contributed by atoms with E-state index in [4.69, 9.17) is 4.55 Å². The highest BCUT2D eigenvalue weighted by atomic mass is 32.2. The fraction of sp³-hybridized carbons (Fsp3) is 0.143. The minimum absolute atomic E-state index is 0.0841. The molecule has 0 radical (unpaired) electrons. The van der Waals surface area contributed by atoms with Crippen molar-refractivity contribution in [2.45, 2.75) is 18.7 Å². The molecular weight excluding hydrogens is 248 g/mol. The van der Waals surface area contributed by atoms with Crippen LogP contribution in [0.25, 0.3) is 11.1 Å². The first kappa shape index (κ1) is 12.8. The molecule has 0 saturated heterocycles. The smallest absolute Gasteiger partial charge is 0.282 e. The highest BCUT2D eigenvalue weighted by Gasteiger charge is 2.10. The molecule has 2 rings (SSSR count). The summed E-state index contributed by atoms with van der Waals surface area (Å²) in [5.74, 6) is 0. The zero-order valence-electron chi connectivity index (χ0n) is 10.2. The van der Waals surface area contributed by atoms with Crippen LogP contribution in [0.1, 0.15) is 11.1 Å². The number of aryl methyl sites for hydroxylation is 2. The lowest BCUT2D eigenvalue weighted by molar-refractivity contribution is 0.483. The third kappa shape index (κ3) is 2.78. The van der Waals surface area contributed by atoms with Gasteiger partial charge >= 0.3 is 0 Å². The summed E-state index contributed by atoms with van der Waals surface area (Å²) < 4.78 is 31.3. The first-order chi connectivity index (χ1) is 8.36. The van der Waals surface area contributed by atoms with Gasteiger partial charge in [0.25, 0.3) is 10.1 Å². The summed E-state index contributed by atoms with van der Waals surface area (Å²) in [4.78, 5) is -0.0841. The third-order valence-corrected chi connectivity index (χ3v) is 3.54. The van der Waals surface area contributed by atoms with Gasteiger partial charge in [-0.25, -0.2) is 0 Å². The van der Waals surface area contributed by atoms with Gasteiger partial charge in [-0.3, -0.25) is 4.55 Å². The molecule has 0 aromatic heterocycles. The van der Waals surface area contributed by atoms with Crippen LogP contribution in [0.15, 0.2) is 47.4 Å². The van der Waals surface area contributed by atoms with Gasteiger partial charge < -0.3 is 0 Å². The molecule has 0 unspecified atom stereocenters. The summed E-state index contributed by atoms with van der Waals surface area (Å²) in [5.41, 5.74) is 3.94. The molecule has 0 aliphatic heterocycles. The second-order valence-electron chi connectivity index (χ2n) is 4.38. The first-order valence-corrected chi connectivity index (χ1v) is 6.96. The van der Waals surface area contributed by atoms with Crippen LogP contribution in [0.4, 0.5) is 0 Å². The second-order valence-corrected chi connectivity index (χ2v) is 5.80. The molecule has 0 atom stereocenters. The lowest BCUT2D eigenvalue weighted by Crippen LogP contribution is -1.97. The average Bonchev–Trinajstić information content (AvgIpc) is 2.27. The van der Waals surface area contributed by atoms with Gasteiger partial charge in [-0.15, -0.1) is 0 Å². The standard InChI is InChI=1S/C14H14O3S/c1-10-6-11(2)8-13(7-10)12-4-3-5-14(9-12)18(15,16)17/h3-9H,1-2H3,(H,15,16,17). The summed E-state index contributed by atoms with van der Waals surface area (Å²) in [6.45, 7) is 3.98. The molecule has 0 bridgehead atoms. The Balaban J connectivity index is 2.58. The Labute approximate surface area is 107 Å². The van der Waals surface area contributed by atoms with Gasteiger partial charge in [-0.2, -0.15) is 8.42 Å². The van der Waals surface area contributed by atoms with Crippen molar-refractivity contribution in [1.82, 2.24) is 0 Å². The summed E-state index contributed by atoms with van der Waals surface area (Å²) in [6, 6.07) is 12.3. The fourth-order valence-corrected chi connectivity index (χ4v) is 2.50. The van der Waals surface area contributed by atoms with Crippen LogP contribution in [0.3, 0.4) is 0 Å². The molecule has 18 heavy (non-hydrogen) atoms. The van der Waals surface area contributed by atoms with E-state index in [2.05, 4.69) is 6.07 Å². The molecule has 0 saturated carbocycles. The quantitative estimate of drug-likeness (QED) is 0.845. The molecule has 0 amide bonds. The Bertz CT molecular complexity index is 668. The minimum atomic E-state index is -4.15. The zero-order chi connectivity index (χ0) is 13.3. The summed E-state index contributed by atoms with van der Waals surface area (Å²) in [5, 5.41) is 0. The Hall–Kier alpha value is -1.65. The van der Waals surface area contributed by atoms with Crippen molar-refractivity contribution in [1.29, 1.82) is 0 Å². The van der Waals surface area contributed by atoms with Gasteiger partial charge in [0.1, 0.15) is 0 Å². The number of benzene rings is 2. The van der Waals surface area contributed by atoms with Crippen LogP contribution >= 0.6 is 0 Å². The van der Waals surface area contributed by atoms with Crippen LogP contribution in [0.5, 0.6) is 0 Å². The highest BCUT2D eigenvalue weighted by molar-refractivity contribution is 7.85. The second kappa shape index (κ2) is 4.55. The van der Waals surface area contributed by atoms with Crippen molar-refractivity contribution < 1.29 is 13.0 Å². The van der Waals surface area contributed by atoms with Crippen molar-refractivity contribution in [3.8, 4) is 11.1 Å². The van der Waals surface area contributed by atoms with Gasteiger partial charge in [-0.05, 0) is 37.1 Å². The van der Waals surface area contributed by atoms with Gasteiger partial charge in [0.2, 0.25) is 0 Å². The van der Waals surface area contributed by atoms with E-state index >= 15 is 0 Å². The average molecular weight is 262 g/mol.